The van der Waals surface area contributed by atoms with Crippen molar-refractivity contribution in [2.24, 2.45) is 5.41 Å². The Morgan fingerprint density at radius 3 is 2.63 bits per heavy atom. The van der Waals surface area contributed by atoms with Crippen LogP contribution in [0.5, 0.6) is 0 Å². The molecule has 0 aromatic carbocycles. The molecule has 0 saturated carbocycles. The van der Waals surface area contributed by atoms with E-state index in [1.165, 1.54) is 23.1 Å². The second kappa shape index (κ2) is 7.02. The summed E-state index contributed by atoms with van der Waals surface area (Å²) in [4.78, 5) is 20.6. The normalized spacial score (nSPS) is 22.5. The molecule has 0 N–H and O–H groups in total. The molecule has 2 aromatic heterocycles. The van der Waals surface area contributed by atoms with Gasteiger partial charge in [0.15, 0.2) is 5.82 Å². The fraction of sp³-hybridized carbons (Fsp3) is 0.650. The molecule has 4 heterocycles. The first-order valence-corrected chi connectivity index (χ1v) is 10.1. The van der Waals surface area contributed by atoms with Crippen molar-refractivity contribution in [1.82, 2.24) is 19.5 Å². The van der Waals surface area contributed by atoms with Crippen LogP contribution in [0.1, 0.15) is 39.2 Å². The van der Waals surface area contributed by atoms with Gasteiger partial charge in [-0.1, -0.05) is 0 Å². The summed E-state index contributed by atoms with van der Waals surface area (Å²) in [5.41, 5.74) is 0.135. The maximum atomic E-state index is 12.8. The molecule has 10 heteroatoms. The maximum Gasteiger partial charge on any atom is 0.410 e. The lowest BCUT2D eigenvalue weighted by Crippen LogP contribution is -2.37. The minimum Gasteiger partial charge on any atom is -0.444 e. The Kier molecular flexibility index (Phi) is 4.85. The number of rotatable bonds is 2. The molecule has 2 saturated heterocycles. The zero-order chi connectivity index (χ0) is 21.7. The van der Waals surface area contributed by atoms with E-state index in [9.17, 15) is 18.0 Å². The predicted octanol–water partition coefficient (Wildman–Crippen LogP) is 3.67. The molecule has 0 aliphatic carbocycles. The Labute approximate surface area is 172 Å². The average molecular weight is 425 g/mol. The van der Waals surface area contributed by atoms with Crippen molar-refractivity contribution >= 4 is 17.4 Å². The van der Waals surface area contributed by atoms with E-state index in [0.29, 0.717) is 31.0 Å². The van der Waals surface area contributed by atoms with Gasteiger partial charge in [-0.25, -0.2) is 14.3 Å². The summed E-state index contributed by atoms with van der Waals surface area (Å²) in [5, 5.41) is 4.06. The van der Waals surface area contributed by atoms with Crippen LogP contribution in [-0.4, -0.2) is 63.5 Å². The van der Waals surface area contributed by atoms with Gasteiger partial charge in [0.2, 0.25) is 0 Å². The number of carbonyl (C=O) groups excluding carboxylic acids is 1. The van der Waals surface area contributed by atoms with Gasteiger partial charge in [-0.15, -0.1) is 0 Å². The molecule has 1 atom stereocenters. The molecule has 0 radical (unpaired) electrons. The van der Waals surface area contributed by atoms with Crippen LogP contribution in [0.25, 0.3) is 5.52 Å². The molecule has 1 amide bonds. The summed E-state index contributed by atoms with van der Waals surface area (Å²) in [6, 6.07) is 1.51. The number of anilines is 1. The highest BCUT2D eigenvalue weighted by molar-refractivity contribution is 5.71. The Hall–Kier alpha value is -2.52. The monoisotopic (exact) mass is 425 g/mol. The van der Waals surface area contributed by atoms with Crippen LogP contribution in [-0.2, 0) is 11.2 Å². The summed E-state index contributed by atoms with van der Waals surface area (Å²) in [6.07, 6.45) is -1.05. The molecule has 1 spiro atoms. The van der Waals surface area contributed by atoms with E-state index in [-0.39, 0.29) is 17.1 Å². The van der Waals surface area contributed by atoms with Crippen molar-refractivity contribution in [2.75, 3.05) is 31.1 Å². The molecular weight excluding hydrogens is 399 g/mol. The summed E-state index contributed by atoms with van der Waals surface area (Å²) >= 11 is 0. The lowest BCUT2D eigenvalue weighted by atomic mass is 9.86. The number of likely N-dealkylation sites (tertiary alicyclic amines) is 1. The van der Waals surface area contributed by atoms with E-state index in [1.54, 1.807) is 4.90 Å². The fourth-order valence-corrected chi connectivity index (χ4v) is 4.41. The van der Waals surface area contributed by atoms with Crippen LogP contribution >= 0.6 is 0 Å². The van der Waals surface area contributed by atoms with E-state index >= 15 is 0 Å². The molecule has 1 unspecified atom stereocenters. The molecule has 164 valence electrons. The number of fused-ring (bicyclic) bond motifs is 1. The van der Waals surface area contributed by atoms with Crippen molar-refractivity contribution in [3.05, 3.63) is 24.2 Å². The minimum atomic E-state index is -4.27. The highest BCUT2D eigenvalue weighted by Gasteiger charge is 2.46. The fourth-order valence-electron chi connectivity index (χ4n) is 4.41. The molecule has 2 aromatic rings. The number of alkyl halides is 3. The predicted molar refractivity (Wildman–Crippen MR) is 104 cm³/mol. The molecule has 0 bridgehead atoms. The Morgan fingerprint density at radius 1 is 1.20 bits per heavy atom. The number of hydrogen-bond acceptors (Lipinski definition) is 5. The number of carbonyl (C=O) groups is 1. The second-order valence-electron chi connectivity index (χ2n) is 9.38. The number of aromatic nitrogens is 3. The Morgan fingerprint density at radius 2 is 1.93 bits per heavy atom. The average Bonchev–Trinajstić information content (AvgIpc) is 3.30. The zero-order valence-electron chi connectivity index (χ0n) is 17.4. The number of amides is 1. The number of halogens is 3. The van der Waals surface area contributed by atoms with Crippen molar-refractivity contribution < 1.29 is 22.7 Å². The van der Waals surface area contributed by atoms with Gasteiger partial charge in [-0.2, -0.15) is 18.3 Å². The first-order valence-electron chi connectivity index (χ1n) is 10.1. The lowest BCUT2D eigenvalue weighted by molar-refractivity contribution is -0.127. The number of nitrogens with zero attached hydrogens (tertiary/aromatic N) is 5. The topological polar surface area (TPSA) is 63.0 Å². The molecule has 2 aliphatic rings. The van der Waals surface area contributed by atoms with Gasteiger partial charge in [-0.05, 0) is 45.2 Å². The van der Waals surface area contributed by atoms with Crippen molar-refractivity contribution in [2.45, 2.75) is 51.8 Å². The van der Waals surface area contributed by atoms with Gasteiger partial charge < -0.3 is 14.5 Å². The molecule has 7 nitrogen and oxygen atoms in total. The van der Waals surface area contributed by atoms with Crippen LogP contribution in [0, 0.1) is 5.41 Å². The van der Waals surface area contributed by atoms with Crippen LogP contribution in [0.3, 0.4) is 0 Å². The van der Waals surface area contributed by atoms with E-state index in [0.717, 1.165) is 19.4 Å². The summed E-state index contributed by atoms with van der Waals surface area (Å²) in [6.45, 7) is 8.22. The Bertz CT molecular complexity index is 952. The first-order chi connectivity index (χ1) is 13.9. The zero-order valence-corrected chi connectivity index (χ0v) is 17.4. The van der Waals surface area contributed by atoms with Crippen molar-refractivity contribution in [3.8, 4) is 0 Å². The van der Waals surface area contributed by atoms with E-state index in [1.807, 2.05) is 20.8 Å². The molecule has 30 heavy (non-hydrogen) atoms. The van der Waals surface area contributed by atoms with Crippen LogP contribution in [0.2, 0.25) is 0 Å². The van der Waals surface area contributed by atoms with Gasteiger partial charge in [0.1, 0.15) is 17.4 Å². The van der Waals surface area contributed by atoms with Gasteiger partial charge in [-0.3, -0.25) is 0 Å². The third-order valence-electron chi connectivity index (χ3n) is 5.67. The third kappa shape index (κ3) is 4.32. The highest BCUT2D eigenvalue weighted by atomic mass is 19.4. The molecular formula is C20H26F3N5O2. The van der Waals surface area contributed by atoms with Crippen molar-refractivity contribution in [1.29, 1.82) is 0 Å². The summed E-state index contributed by atoms with van der Waals surface area (Å²) in [5.74, 6) is 0.631. The molecule has 4 rings (SSSR count). The van der Waals surface area contributed by atoms with Crippen LogP contribution in [0.15, 0.2) is 18.6 Å². The maximum absolute atomic E-state index is 12.8. The quantitative estimate of drug-likeness (QED) is 0.735. The summed E-state index contributed by atoms with van der Waals surface area (Å²) < 4.78 is 45.3. The van der Waals surface area contributed by atoms with Crippen LogP contribution < -0.4 is 4.90 Å². The van der Waals surface area contributed by atoms with Gasteiger partial charge in [0.05, 0.1) is 6.42 Å². The Balaban J connectivity index is 1.50. The number of ether oxygens (including phenoxy) is 1. The first kappa shape index (κ1) is 20.7. The standard InChI is InChI=1S/C20H26F3N5O2/c1-18(2,3)30-17(29)27-7-5-19(12-27)4-6-26(11-19)16-15-8-14(9-20(21,22)23)10-28(15)25-13-24-16/h8,10,13H,4-7,9,11-12H2,1-3H3. The second-order valence-corrected chi connectivity index (χ2v) is 9.38. The van der Waals surface area contributed by atoms with Crippen LogP contribution in [0.4, 0.5) is 23.8 Å². The van der Waals surface area contributed by atoms with Gasteiger partial charge in [0, 0.05) is 37.8 Å². The van der Waals surface area contributed by atoms with E-state index in [4.69, 9.17) is 4.74 Å². The summed E-state index contributed by atoms with van der Waals surface area (Å²) in [7, 11) is 0. The molecule has 2 fully saturated rings. The van der Waals surface area contributed by atoms with E-state index in [2.05, 4.69) is 15.0 Å². The minimum absolute atomic E-state index is 0.0553. The highest BCUT2D eigenvalue weighted by Crippen LogP contribution is 2.42. The smallest absolute Gasteiger partial charge is 0.410 e. The molecule has 2 aliphatic heterocycles. The third-order valence-corrected chi connectivity index (χ3v) is 5.67. The number of hydrogen-bond donors (Lipinski definition) is 0. The van der Waals surface area contributed by atoms with Gasteiger partial charge >= 0.3 is 12.3 Å². The SMILES string of the molecule is CC(C)(C)OC(=O)N1CCC2(CCN(c3ncnn4cc(CC(F)(F)F)cc34)C2)C1. The van der Waals surface area contributed by atoms with Gasteiger partial charge in [0.25, 0.3) is 0 Å². The lowest BCUT2D eigenvalue weighted by Gasteiger charge is -2.27. The largest absolute Gasteiger partial charge is 0.444 e. The van der Waals surface area contributed by atoms with Crippen molar-refractivity contribution in [3.63, 3.8) is 0 Å². The van der Waals surface area contributed by atoms with E-state index < -0.39 is 18.2 Å².